The predicted octanol–water partition coefficient (Wildman–Crippen LogP) is 5.27. The van der Waals surface area contributed by atoms with Crippen LogP contribution in [0.3, 0.4) is 0 Å². The average Bonchev–Trinajstić information content (AvgIpc) is 2.73. The molecule has 27 heavy (non-hydrogen) atoms. The molecular weight excluding hydrogens is 332 g/mol. The van der Waals surface area contributed by atoms with Gasteiger partial charge in [0.05, 0.1) is 16.8 Å². The molecule has 0 radical (unpaired) electrons. The summed E-state index contributed by atoms with van der Waals surface area (Å²) >= 11 is 0. The number of para-hydroxylation sites is 1. The van der Waals surface area contributed by atoms with Crippen molar-refractivity contribution in [2.75, 3.05) is 14.1 Å². The molecule has 3 heteroatoms. The van der Waals surface area contributed by atoms with Gasteiger partial charge in [0.25, 0.3) is 5.91 Å². The number of hydrogen-bond acceptors (Lipinski definition) is 2. The summed E-state index contributed by atoms with van der Waals surface area (Å²) in [6.07, 6.45) is 0. The zero-order valence-electron chi connectivity index (χ0n) is 15.4. The summed E-state index contributed by atoms with van der Waals surface area (Å²) in [4.78, 5) is 19.8. The van der Waals surface area contributed by atoms with Gasteiger partial charge in [-0.25, -0.2) is 4.98 Å². The Morgan fingerprint density at radius 3 is 1.93 bits per heavy atom. The molecule has 3 nitrogen and oxygen atoms in total. The normalized spacial score (nSPS) is 10.7. The van der Waals surface area contributed by atoms with Crippen LogP contribution < -0.4 is 0 Å². The molecule has 0 spiro atoms. The van der Waals surface area contributed by atoms with Gasteiger partial charge in [0, 0.05) is 30.6 Å². The maximum Gasteiger partial charge on any atom is 0.254 e. The zero-order chi connectivity index (χ0) is 18.8. The van der Waals surface area contributed by atoms with Crippen molar-refractivity contribution in [3.05, 3.63) is 90.5 Å². The molecule has 1 heterocycles. The molecule has 0 saturated heterocycles. The molecule has 0 aliphatic carbocycles. The average molecular weight is 352 g/mol. The van der Waals surface area contributed by atoms with Crippen molar-refractivity contribution >= 4 is 16.8 Å². The Morgan fingerprint density at radius 2 is 1.30 bits per heavy atom. The molecule has 1 amide bonds. The molecule has 0 atom stereocenters. The van der Waals surface area contributed by atoms with E-state index in [4.69, 9.17) is 4.98 Å². The van der Waals surface area contributed by atoms with E-state index >= 15 is 0 Å². The number of carbonyl (C=O) groups excluding carboxylic acids is 1. The van der Waals surface area contributed by atoms with E-state index in [2.05, 4.69) is 0 Å². The van der Waals surface area contributed by atoms with Gasteiger partial charge in [0.1, 0.15) is 0 Å². The van der Waals surface area contributed by atoms with E-state index in [1.165, 1.54) is 0 Å². The van der Waals surface area contributed by atoms with Crippen molar-refractivity contribution < 1.29 is 4.79 Å². The number of hydrogen-bond donors (Lipinski definition) is 0. The van der Waals surface area contributed by atoms with E-state index < -0.39 is 0 Å². The maximum absolute atomic E-state index is 13.2. The summed E-state index contributed by atoms with van der Waals surface area (Å²) < 4.78 is 0. The Kier molecular flexibility index (Phi) is 4.43. The smallest absolute Gasteiger partial charge is 0.254 e. The Hall–Kier alpha value is -3.46. The third-order valence-corrected chi connectivity index (χ3v) is 4.62. The van der Waals surface area contributed by atoms with Crippen LogP contribution in [0.25, 0.3) is 33.3 Å². The highest BCUT2D eigenvalue weighted by atomic mass is 16.2. The van der Waals surface area contributed by atoms with E-state index in [1.807, 2.05) is 84.9 Å². The second-order valence-electron chi connectivity index (χ2n) is 6.66. The molecule has 0 fully saturated rings. The molecular formula is C24H20N2O. The summed E-state index contributed by atoms with van der Waals surface area (Å²) in [7, 11) is 3.57. The number of pyridine rings is 1. The van der Waals surface area contributed by atoms with Crippen molar-refractivity contribution in [2.24, 2.45) is 0 Å². The molecule has 1 aromatic heterocycles. The van der Waals surface area contributed by atoms with Crippen LogP contribution in [0.5, 0.6) is 0 Å². The summed E-state index contributed by atoms with van der Waals surface area (Å²) in [6, 6.07) is 27.9. The van der Waals surface area contributed by atoms with Gasteiger partial charge in [-0.05, 0) is 11.6 Å². The Labute approximate surface area is 158 Å². The van der Waals surface area contributed by atoms with Crippen LogP contribution in [0, 0.1) is 0 Å². The quantitative estimate of drug-likeness (QED) is 0.503. The van der Waals surface area contributed by atoms with Crippen LogP contribution in [0.15, 0.2) is 84.9 Å². The number of carbonyl (C=O) groups is 1. The third kappa shape index (κ3) is 3.08. The minimum Gasteiger partial charge on any atom is -0.345 e. The SMILES string of the molecule is CN(C)C(=O)c1c(-c2ccccc2)c(-c2ccccc2)nc2ccccc12. The first-order valence-corrected chi connectivity index (χ1v) is 8.92. The monoisotopic (exact) mass is 352 g/mol. The van der Waals surface area contributed by atoms with Gasteiger partial charge in [-0.2, -0.15) is 0 Å². The molecule has 0 N–H and O–H groups in total. The molecule has 4 rings (SSSR count). The molecule has 3 aromatic carbocycles. The van der Waals surface area contributed by atoms with Gasteiger partial charge in [0.15, 0.2) is 0 Å². The Morgan fingerprint density at radius 1 is 0.741 bits per heavy atom. The highest BCUT2D eigenvalue weighted by Crippen LogP contribution is 2.37. The third-order valence-electron chi connectivity index (χ3n) is 4.62. The van der Waals surface area contributed by atoms with Crippen LogP contribution in [0.2, 0.25) is 0 Å². The first-order valence-electron chi connectivity index (χ1n) is 8.92. The molecule has 0 aliphatic heterocycles. The lowest BCUT2D eigenvalue weighted by Crippen LogP contribution is -2.23. The topological polar surface area (TPSA) is 33.2 Å². The lowest BCUT2D eigenvalue weighted by Gasteiger charge is -2.20. The minimum absolute atomic E-state index is 0.0235. The standard InChI is InChI=1S/C24H20N2O/c1-26(2)24(27)22-19-15-9-10-16-20(19)25-23(18-13-7-4-8-14-18)21(22)17-11-5-3-6-12-17/h3-16H,1-2H3. The minimum atomic E-state index is -0.0235. The van der Waals surface area contributed by atoms with Gasteiger partial charge in [0.2, 0.25) is 0 Å². The first-order chi connectivity index (χ1) is 13.2. The number of amides is 1. The summed E-state index contributed by atoms with van der Waals surface area (Å²) in [5, 5.41) is 0.870. The van der Waals surface area contributed by atoms with Crippen molar-refractivity contribution in [3.8, 4) is 22.4 Å². The van der Waals surface area contributed by atoms with Gasteiger partial charge in [-0.3, -0.25) is 4.79 Å². The maximum atomic E-state index is 13.2. The number of fused-ring (bicyclic) bond motifs is 1. The lowest BCUT2D eigenvalue weighted by molar-refractivity contribution is 0.0830. The van der Waals surface area contributed by atoms with E-state index in [-0.39, 0.29) is 5.91 Å². The Bertz CT molecular complexity index is 1100. The van der Waals surface area contributed by atoms with Crippen molar-refractivity contribution in [3.63, 3.8) is 0 Å². The molecule has 132 valence electrons. The van der Waals surface area contributed by atoms with E-state index in [0.29, 0.717) is 5.56 Å². The highest BCUT2D eigenvalue weighted by molar-refractivity contribution is 6.14. The van der Waals surface area contributed by atoms with Crippen molar-refractivity contribution in [1.82, 2.24) is 9.88 Å². The van der Waals surface area contributed by atoms with Crippen LogP contribution >= 0.6 is 0 Å². The lowest BCUT2D eigenvalue weighted by atomic mass is 9.91. The second kappa shape index (κ2) is 7.04. The van der Waals surface area contributed by atoms with Gasteiger partial charge in [-0.1, -0.05) is 78.9 Å². The molecule has 0 aliphatic rings. The largest absolute Gasteiger partial charge is 0.345 e. The fraction of sp³-hybridized carbons (Fsp3) is 0.0833. The summed E-state index contributed by atoms with van der Waals surface area (Å²) in [5.41, 5.74) is 5.19. The number of aromatic nitrogens is 1. The van der Waals surface area contributed by atoms with Crippen LogP contribution in [-0.2, 0) is 0 Å². The van der Waals surface area contributed by atoms with Crippen molar-refractivity contribution in [1.29, 1.82) is 0 Å². The summed E-state index contributed by atoms with van der Waals surface area (Å²) in [5.74, 6) is -0.0235. The van der Waals surface area contributed by atoms with Gasteiger partial charge < -0.3 is 4.90 Å². The molecule has 4 aromatic rings. The van der Waals surface area contributed by atoms with Crippen LogP contribution in [0.1, 0.15) is 10.4 Å². The first kappa shape index (κ1) is 17.0. The second-order valence-corrected chi connectivity index (χ2v) is 6.66. The van der Waals surface area contributed by atoms with Gasteiger partial charge in [-0.15, -0.1) is 0 Å². The fourth-order valence-corrected chi connectivity index (χ4v) is 3.35. The van der Waals surface area contributed by atoms with Crippen molar-refractivity contribution in [2.45, 2.75) is 0 Å². The van der Waals surface area contributed by atoms with E-state index in [0.717, 1.165) is 33.3 Å². The summed E-state index contributed by atoms with van der Waals surface area (Å²) in [6.45, 7) is 0. The van der Waals surface area contributed by atoms with Gasteiger partial charge >= 0.3 is 0 Å². The zero-order valence-corrected chi connectivity index (χ0v) is 15.4. The van der Waals surface area contributed by atoms with E-state index in [1.54, 1.807) is 19.0 Å². The predicted molar refractivity (Wildman–Crippen MR) is 111 cm³/mol. The number of rotatable bonds is 3. The van der Waals surface area contributed by atoms with E-state index in [9.17, 15) is 4.79 Å². The van der Waals surface area contributed by atoms with Crippen LogP contribution in [0.4, 0.5) is 0 Å². The molecule has 0 unspecified atom stereocenters. The molecule has 0 saturated carbocycles. The number of nitrogens with zero attached hydrogens (tertiary/aromatic N) is 2. The highest BCUT2D eigenvalue weighted by Gasteiger charge is 2.23. The Balaban J connectivity index is 2.18. The number of benzene rings is 3. The fourth-order valence-electron chi connectivity index (χ4n) is 3.35. The molecule has 0 bridgehead atoms. The van der Waals surface area contributed by atoms with Crippen LogP contribution in [-0.4, -0.2) is 29.9 Å².